The van der Waals surface area contributed by atoms with Crippen molar-refractivity contribution in [3.8, 4) is 0 Å². The summed E-state index contributed by atoms with van der Waals surface area (Å²) in [7, 11) is 0. The van der Waals surface area contributed by atoms with Crippen LogP contribution in [0.2, 0.25) is 0 Å². The number of hydrogen-bond donors (Lipinski definition) is 2. The maximum absolute atomic E-state index is 10.1. The second-order valence-corrected chi connectivity index (χ2v) is 2.82. The molecule has 0 heterocycles. The molecule has 0 radical (unpaired) electrons. The summed E-state index contributed by atoms with van der Waals surface area (Å²) in [4.78, 5) is 10.1. The van der Waals surface area contributed by atoms with Gasteiger partial charge in [-0.2, -0.15) is 0 Å². The molecule has 12 heavy (non-hydrogen) atoms. The van der Waals surface area contributed by atoms with E-state index in [1.165, 1.54) is 0 Å². The number of carbonyl (C=O) groups is 1. The van der Waals surface area contributed by atoms with Gasteiger partial charge < -0.3 is 14.9 Å². The van der Waals surface area contributed by atoms with E-state index in [-0.39, 0.29) is 13.2 Å². The molecule has 72 valence electrons. The Kier molecular flexibility index (Phi) is 4.85. The van der Waals surface area contributed by atoms with Crippen LogP contribution in [0.25, 0.3) is 0 Å². The quantitative estimate of drug-likeness (QED) is 0.623. The summed E-state index contributed by atoms with van der Waals surface area (Å²) in [5.74, 6) is -1.01. The first-order chi connectivity index (χ1) is 5.54. The van der Waals surface area contributed by atoms with Crippen LogP contribution in [-0.4, -0.2) is 35.0 Å². The zero-order chi connectivity index (χ0) is 9.61. The van der Waals surface area contributed by atoms with Gasteiger partial charge in [-0.3, -0.25) is 0 Å². The van der Waals surface area contributed by atoms with E-state index in [0.717, 1.165) is 0 Å². The van der Waals surface area contributed by atoms with Crippen LogP contribution < -0.4 is 0 Å². The van der Waals surface area contributed by atoms with Gasteiger partial charge in [0, 0.05) is 0 Å². The van der Waals surface area contributed by atoms with Gasteiger partial charge in [-0.25, -0.2) is 4.79 Å². The lowest BCUT2D eigenvalue weighted by atomic mass is 9.99. The molecule has 0 spiro atoms. The van der Waals surface area contributed by atoms with E-state index in [0.29, 0.717) is 12.8 Å². The molecular weight excluding hydrogens is 160 g/mol. The predicted molar refractivity (Wildman–Crippen MR) is 44.0 cm³/mol. The van der Waals surface area contributed by atoms with Crippen molar-refractivity contribution in [3.63, 3.8) is 0 Å². The van der Waals surface area contributed by atoms with Crippen LogP contribution in [0.1, 0.15) is 26.7 Å². The van der Waals surface area contributed by atoms with Gasteiger partial charge in [0.15, 0.2) is 0 Å². The van der Waals surface area contributed by atoms with E-state index in [2.05, 4.69) is 0 Å². The molecular formula is C8H16O4. The number of ether oxygens (including phenoxy) is 1. The van der Waals surface area contributed by atoms with Gasteiger partial charge in [0.2, 0.25) is 0 Å². The molecule has 0 unspecified atom stereocenters. The van der Waals surface area contributed by atoms with Crippen LogP contribution in [-0.2, 0) is 9.53 Å². The van der Waals surface area contributed by atoms with E-state index in [4.69, 9.17) is 9.84 Å². The summed E-state index contributed by atoms with van der Waals surface area (Å²) >= 11 is 0. The molecule has 0 bridgehead atoms. The van der Waals surface area contributed by atoms with E-state index < -0.39 is 11.6 Å². The fourth-order valence-corrected chi connectivity index (χ4v) is 0.782. The van der Waals surface area contributed by atoms with Gasteiger partial charge >= 0.3 is 5.97 Å². The second-order valence-electron chi connectivity index (χ2n) is 2.82. The third kappa shape index (κ3) is 4.31. The Morgan fingerprint density at radius 1 is 1.42 bits per heavy atom. The number of carboxylic acids is 1. The summed E-state index contributed by atoms with van der Waals surface area (Å²) < 4.78 is 4.79. The normalized spacial score (nSPS) is 11.6. The molecule has 0 fully saturated rings. The van der Waals surface area contributed by atoms with E-state index in [1.54, 1.807) is 0 Å². The molecule has 0 aliphatic carbocycles. The number of aliphatic hydroxyl groups is 1. The zero-order valence-electron chi connectivity index (χ0n) is 7.54. The second kappa shape index (κ2) is 5.11. The van der Waals surface area contributed by atoms with Gasteiger partial charge in [-0.1, -0.05) is 13.8 Å². The Bertz CT molecular complexity index is 140. The van der Waals surface area contributed by atoms with Crippen molar-refractivity contribution >= 4 is 5.97 Å². The first kappa shape index (κ1) is 11.4. The van der Waals surface area contributed by atoms with Gasteiger partial charge in [0.1, 0.15) is 6.61 Å². The summed E-state index contributed by atoms with van der Waals surface area (Å²) in [5.41, 5.74) is -0.866. The lowest BCUT2D eigenvalue weighted by Crippen LogP contribution is -2.33. The molecule has 4 nitrogen and oxygen atoms in total. The summed E-state index contributed by atoms with van der Waals surface area (Å²) in [6.45, 7) is 3.43. The number of rotatable bonds is 6. The fourth-order valence-electron chi connectivity index (χ4n) is 0.782. The molecule has 0 aliphatic heterocycles. The highest BCUT2D eigenvalue weighted by Gasteiger charge is 2.22. The van der Waals surface area contributed by atoms with Gasteiger partial charge in [0.25, 0.3) is 0 Å². The topological polar surface area (TPSA) is 66.8 Å². The average molecular weight is 176 g/mol. The third-order valence-electron chi connectivity index (χ3n) is 1.91. The lowest BCUT2D eigenvalue weighted by Gasteiger charge is -2.24. The van der Waals surface area contributed by atoms with Crippen molar-refractivity contribution < 1.29 is 19.7 Å². The summed E-state index contributed by atoms with van der Waals surface area (Å²) in [6.07, 6.45) is 1.15. The van der Waals surface area contributed by atoms with Crippen molar-refractivity contribution in [3.05, 3.63) is 0 Å². The lowest BCUT2D eigenvalue weighted by molar-refractivity contribution is -0.145. The van der Waals surface area contributed by atoms with Crippen molar-refractivity contribution in [1.82, 2.24) is 0 Å². The molecule has 0 atom stereocenters. The van der Waals surface area contributed by atoms with Crippen LogP contribution in [0, 0.1) is 0 Å². The van der Waals surface area contributed by atoms with E-state index >= 15 is 0 Å². The fraction of sp³-hybridized carbons (Fsp3) is 0.875. The largest absolute Gasteiger partial charge is 0.480 e. The molecule has 0 saturated carbocycles. The highest BCUT2D eigenvalue weighted by atomic mass is 16.5. The van der Waals surface area contributed by atoms with Crippen molar-refractivity contribution in [2.75, 3.05) is 13.2 Å². The minimum Gasteiger partial charge on any atom is -0.480 e. The summed E-state index contributed by atoms with van der Waals surface area (Å²) in [5, 5.41) is 17.9. The van der Waals surface area contributed by atoms with Crippen LogP contribution in [0.4, 0.5) is 0 Å². The molecule has 0 aromatic rings. The van der Waals surface area contributed by atoms with Crippen molar-refractivity contribution in [1.29, 1.82) is 0 Å². The smallest absolute Gasteiger partial charge is 0.329 e. The first-order valence-corrected chi connectivity index (χ1v) is 4.06. The van der Waals surface area contributed by atoms with Crippen molar-refractivity contribution in [2.45, 2.75) is 32.3 Å². The minimum absolute atomic E-state index is 0.0896. The van der Waals surface area contributed by atoms with Crippen LogP contribution in [0.3, 0.4) is 0 Å². The SMILES string of the molecule is CCC(O)(CC)COCC(=O)O. The van der Waals surface area contributed by atoms with E-state index in [1.807, 2.05) is 13.8 Å². The van der Waals surface area contributed by atoms with E-state index in [9.17, 15) is 9.90 Å². The maximum Gasteiger partial charge on any atom is 0.329 e. The van der Waals surface area contributed by atoms with Crippen LogP contribution in [0.5, 0.6) is 0 Å². The molecule has 2 N–H and O–H groups in total. The third-order valence-corrected chi connectivity index (χ3v) is 1.91. The molecule has 0 rings (SSSR count). The molecule has 0 amide bonds. The van der Waals surface area contributed by atoms with Gasteiger partial charge in [-0.05, 0) is 12.8 Å². The Labute approximate surface area is 72.2 Å². The Balaban J connectivity index is 3.65. The van der Waals surface area contributed by atoms with Crippen LogP contribution >= 0.6 is 0 Å². The monoisotopic (exact) mass is 176 g/mol. The van der Waals surface area contributed by atoms with Crippen molar-refractivity contribution in [2.24, 2.45) is 0 Å². The van der Waals surface area contributed by atoms with Gasteiger partial charge in [-0.15, -0.1) is 0 Å². The number of hydrogen-bond acceptors (Lipinski definition) is 3. The first-order valence-electron chi connectivity index (χ1n) is 4.06. The Morgan fingerprint density at radius 2 is 1.92 bits per heavy atom. The summed E-state index contributed by atoms with van der Waals surface area (Å²) in [6, 6.07) is 0. The Hall–Kier alpha value is -0.610. The highest BCUT2D eigenvalue weighted by Crippen LogP contribution is 2.14. The zero-order valence-corrected chi connectivity index (χ0v) is 7.54. The Morgan fingerprint density at radius 3 is 2.25 bits per heavy atom. The number of aliphatic carboxylic acids is 1. The highest BCUT2D eigenvalue weighted by molar-refractivity contribution is 5.67. The predicted octanol–water partition coefficient (Wildman–Crippen LogP) is 0.639. The maximum atomic E-state index is 10.1. The van der Waals surface area contributed by atoms with Crippen LogP contribution in [0.15, 0.2) is 0 Å². The minimum atomic E-state index is -1.01. The molecule has 0 saturated heterocycles. The standard InChI is InChI=1S/C8H16O4/c1-3-8(11,4-2)6-12-5-7(9)10/h11H,3-6H2,1-2H3,(H,9,10). The molecule has 0 aromatic carbocycles. The molecule has 4 heteroatoms. The average Bonchev–Trinajstić information content (AvgIpc) is 2.03. The molecule has 0 aliphatic rings. The molecule has 0 aromatic heterocycles. The van der Waals surface area contributed by atoms with Gasteiger partial charge in [0.05, 0.1) is 12.2 Å². The number of carboxylic acid groups (broad SMARTS) is 1.